The number of benzene rings is 1. The van der Waals surface area contributed by atoms with E-state index in [0.29, 0.717) is 37.3 Å². The maximum Gasteiger partial charge on any atom is 0.326 e. The fraction of sp³-hybridized carbons (Fsp3) is 0.471. The maximum absolute atomic E-state index is 12.8. The average Bonchev–Trinajstić information content (AvgIpc) is 3.00. The van der Waals surface area contributed by atoms with E-state index in [1.165, 1.54) is 4.90 Å². The fourth-order valence-corrected chi connectivity index (χ4v) is 3.33. The van der Waals surface area contributed by atoms with Crippen LogP contribution in [-0.4, -0.2) is 53.6 Å². The third-order valence-corrected chi connectivity index (χ3v) is 4.65. The highest BCUT2D eigenvalue weighted by Crippen LogP contribution is 2.26. The van der Waals surface area contributed by atoms with Crippen LogP contribution in [0.4, 0.5) is 10.5 Å². The number of nitrogens with zero attached hydrogens (tertiary/aromatic N) is 2. The second kappa shape index (κ2) is 6.51. The molecule has 0 aliphatic carbocycles. The molecule has 3 rings (SSSR count). The lowest BCUT2D eigenvalue weighted by atomic mass is 10.00. The summed E-state index contributed by atoms with van der Waals surface area (Å²) < 4.78 is 0. The summed E-state index contributed by atoms with van der Waals surface area (Å²) in [6, 6.07) is 4.24. The lowest BCUT2D eigenvalue weighted by molar-refractivity contribution is -0.143. The number of carbonyl (C=O) groups is 3. The van der Waals surface area contributed by atoms with E-state index in [1.807, 2.05) is 6.92 Å². The number of piperidine rings is 1. The van der Waals surface area contributed by atoms with Crippen molar-refractivity contribution in [3.8, 4) is 0 Å². The second-order valence-electron chi connectivity index (χ2n) is 6.23. The van der Waals surface area contributed by atoms with Gasteiger partial charge in [-0.1, -0.05) is 6.07 Å². The highest BCUT2D eigenvalue weighted by atomic mass is 16.4. The summed E-state index contributed by atoms with van der Waals surface area (Å²) in [5.41, 5.74) is 2.01. The summed E-state index contributed by atoms with van der Waals surface area (Å²) in [7, 11) is 0. The van der Waals surface area contributed by atoms with E-state index in [1.54, 1.807) is 23.1 Å². The summed E-state index contributed by atoms with van der Waals surface area (Å²) in [6.45, 7) is 3.46. The number of aliphatic carboxylic acids is 1. The lowest BCUT2D eigenvalue weighted by Crippen LogP contribution is -2.48. The topological polar surface area (TPSA) is 89.9 Å². The number of hydrogen-bond donors (Lipinski definition) is 2. The van der Waals surface area contributed by atoms with Gasteiger partial charge >= 0.3 is 12.0 Å². The normalized spacial score (nSPS) is 20.9. The third-order valence-electron chi connectivity index (χ3n) is 4.65. The Bertz CT molecular complexity index is 688. The zero-order chi connectivity index (χ0) is 17.3. The number of hydrogen-bond acceptors (Lipinski definition) is 3. The molecular weight excluding hydrogens is 310 g/mol. The number of carboxylic acid groups (broad SMARTS) is 1. The highest BCUT2D eigenvalue weighted by Gasteiger charge is 2.33. The Hall–Kier alpha value is -2.57. The molecule has 7 heteroatoms. The Morgan fingerprint density at radius 3 is 2.71 bits per heavy atom. The molecule has 1 aromatic rings. The van der Waals surface area contributed by atoms with Crippen LogP contribution < -0.4 is 10.2 Å². The van der Waals surface area contributed by atoms with Crippen LogP contribution >= 0.6 is 0 Å². The van der Waals surface area contributed by atoms with Gasteiger partial charge in [-0.25, -0.2) is 9.59 Å². The summed E-state index contributed by atoms with van der Waals surface area (Å²) in [5, 5.41) is 12.1. The van der Waals surface area contributed by atoms with E-state index in [0.717, 1.165) is 18.4 Å². The SMILES string of the molecule is Cc1ccc(C(=O)N2CCCC[C@H]2C(=O)O)cc1N1CCNC1=O. The smallest absolute Gasteiger partial charge is 0.326 e. The molecule has 0 bridgehead atoms. The van der Waals surface area contributed by atoms with E-state index in [9.17, 15) is 19.5 Å². The zero-order valence-electron chi connectivity index (χ0n) is 13.6. The van der Waals surface area contributed by atoms with Gasteiger partial charge in [-0.15, -0.1) is 0 Å². The number of likely N-dealkylation sites (tertiary alicyclic amines) is 1. The first-order chi connectivity index (χ1) is 11.5. The van der Waals surface area contributed by atoms with Gasteiger partial charge in [-0.05, 0) is 43.9 Å². The number of urea groups is 1. The monoisotopic (exact) mass is 331 g/mol. The maximum atomic E-state index is 12.8. The van der Waals surface area contributed by atoms with Crippen LogP contribution in [0.3, 0.4) is 0 Å². The van der Waals surface area contributed by atoms with Crippen LogP contribution in [-0.2, 0) is 4.79 Å². The number of aryl methyl sites for hydroxylation is 1. The first-order valence-corrected chi connectivity index (χ1v) is 8.19. The largest absolute Gasteiger partial charge is 0.480 e. The van der Waals surface area contributed by atoms with Crippen molar-refractivity contribution >= 4 is 23.6 Å². The summed E-state index contributed by atoms with van der Waals surface area (Å²) in [6.07, 6.45) is 2.10. The van der Waals surface area contributed by atoms with Crippen LogP contribution in [0.1, 0.15) is 35.2 Å². The van der Waals surface area contributed by atoms with Crippen LogP contribution in [0.2, 0.25) is 0 Å². The van der Waals surface area contributed by atoms with Gasteiger partial charge in [0.05, 0.1) is 0 Å². The molecule has 2 fully saturated rings. The number of rotatable bonds is 3. The second-order valence-corrected chi connectivity index (χ2v) is 6.23. The number of amides is 3. The summed E-state index contributed by atoms with van der Waals surface area (Å²) >= 11 is 0. The molecule has 0 saturated carbocycles. The van der Waals surface area contributed by atoms with Gasteiger partial charge in [0.1, 0.15) is 6.04 Å². The van der Waals surface area contributed by atoms with Crippen molar-refractivity contribution in [2.45, 2.75) is 32.2 Å². The van der Waals surface area contributed by atoms with Gasteiger partial charge < -0.3 is 15.3 Å². The molecule has 2 aliphatic heterocycles. The van der Waals surface area contributed by atoms with Gasteiger partial charge in [-0.2, -0.15) is 0 Å². The molecule has 128 valence electrons. The van der Waals surface area contributed by atoms with Gasteiger partial charge in [0.25, 0.3) is 5.91 Å². The molecule has 2 N–H and O–H groups in total. The molecule has 0 aromatic heterocycles. The Morgan fingerprint density at radius 2 is 2.04 bits per heavy atom. The summed E-state index contributed by atoms with van der Waals surface area (Å²) in [4.78, 5) is 39.2. The molecule has 1 atom stereocenters. The quantitative estimate of drug-likeness (QED) is 0.880. The number of nitrogens with one attached hydrogen (secondary N) is 1. The van der Waals surface area contributed by atoms with Gasteiger partial charge in [0.15, 0.2) is 0 Å². The van der Waals surface area contributed by atoms with Crippen molar-refractivity contribution in [1.29, 1.82) is 0 Å². The van der Waals surface area contributed by atoms with Gasteiger partial charge in [0.2, 0.25) is 0 Å². The predicted octanol–water partition coefficient (Wildman–Crippen LogP) is 1.60. The van der Waals surface area contributed by atoms with Crippen molar-refractivity contribution < 1.29 is 19.5 Å². The Kier molecular flexibility index (Phi) is 4.42. The van der Waals surface area contributed by atoms with E-state index < -0.39 is 12.0 Å². The van der Waals surface area contributed by atoms with Crippen LogP contribution in [0.5, 0.6) is 0 Å². The molecule has 2 aliphatic rings. The minimum atomic E-state index is -0.964. The molecule has 24 heavy (non-hydrogen) atoms. The molecular formula is C17H21N3O4. The summed E-state index contributed by atoms with van der Waals surface area (Å²) in [5.74, 6) is -1.25. The first kappa shape index (κ1) is 16.3. The highest BCUT2D eigenvalue weighted by molar-refractivity contribution is 6.00. The van der Waals surface area contributed by atoms with E-state index in [4.69, 9.17) is 0 Å². The van der Waals surface area contributed by atoms with Gasteiger partial charge in [-0.3, -0.25) is 9.69 Å². The zero-order valence-corrected chi connectivity index (χ0v) is 13.6. The molecule has 2 heterocycles. The van der Waals surface area contributed by atoms with E-state index in [2.05, 4.69) is 5.32 Å². The van der Waals surface area contributed by atoms with Crippen molar-refractivity contribution in [2.24, 2.45) is 0 Å². The Labute approximate surface area is 140 Å². The number of anilines is 1. The van der Waals surface area contributed by atoms with Crippen LogP contribution in [0.15, 0.2) is 18.2 Å². The standard InChI is InChI=1S/C17H21N3O4/c1-11-5-6-12(10-14(11)20-9-7-18-17(20)24)15(21)19-8-3-2-4-13(19)16(22)23/h5-6,10,13H,2-4,7-9H2,1H3,(H,18,24)(H,22,23)/t13-/m0/s1. The van der Waals surface area contributed by atoms with Crippen LogP contribution in [0.25, 0.3) is 0 Å². The molecule has 2 saturated heterocycles. The minimum absolute atomic E-state index is 0.177. The average molecular weight is 331 g/mol. The molecule has 0 spiro atoms. The number of carboxylic acids is 1. The van der Waals surface area contributed by atoms with Crippen molar-refractivity contribution in [2.75, 3.05) is 24.5 Å². The van der Waals surface area contributed by atoms with Crippen LogP contribution in [0, 0.1) is 6.92 Å². The molecule has 0 radical (unpaired) electrons. The first-order valence-electron chi connectivity index (χ1n) is 8.19. The lowest BCUT2D eigenvalue weighted by Gasteiger charge is -2.33. The molecule has 0 unspecified atom stereocenters. The predicted molar refractivity (Wildman–Crippen MR) is 88.2 cm³/mol. The third kappa shape index (κ3) is 2.93. The fourth-order valence-electron chi connectivity index (χ4n) is 3.33. The minimum Gasteiger partial charge on any atom is -0.480 e. The van der Waals surface area contributed by atoms with Crippen molar-refractivity contribution in [3.05, 3.63) is 29.3 Å². The number of carbonyl (C=O) groups excluding carboxylic acids is 2. The van der Waals surface area contributed by atoms with Crippen molar-refractivity contribution in [1.82, 2.24) is 10.2 Å². The van der Waals surface area contributed by atoms with E-state index in [-0.39, 0.29) is 11.9 Å². The molecule has 3 amide bonds. The van der Waals surface area contributed by atoms with Crippen molar-refractivity contribution in [3.63, 3.8) is 0 Å². The Morgan fingerprint density at radius 1 is 1.25 bits per heavy atom. The van der Waals surface area contributed by atoms with Gasteiger partial charge in [0, 0.05) is 30.9 Å². The molecule has 1 aromatic carbocycles. The Balaban J connectivity index is 1.90. The van der Waals surface area contributed by atoms with E-state index >= 15 is 0 Å². The molecule has 7 nitrogen and oxygen atoms in total.